The van der Waals surface area contributed by atoms with E-state index in [0.29, 0.717) is 23.5 Å². The summed E-state index contributed by atoms with van der Waals surface area (Å²) in [4.78, 5) is 10.9. The zero-order chi connectivity index (χ0) is 14.4. The Morgan fingerprint density at radius 1 is 1.55 bits per heavy atom. The van der Waals surface area contributed by atoms with Gasteiger partial charge in [-0.25, -0.2) is 9.97 Å². The summed E-state index contributed by atoms with van der Waals surface area (Å²) in [6.45, 7) is 4.17. The van der Waals surface area contributed by atoms with Crippen LogP contribution < -0.4 is 11.1 Å². The van der Waals surface area contributed by atoms with Crippen LogP contribution in [0.5, 0.6) is 0 Å². The highest BCUT2D eigenvalue weighted by Gasteiger charge is 2.18. The summed E-state index contributed by atoms with van der Waals surface area (Å²) in [5, 5.41) is 13.2. The first-order valence-electron chi connectivity index (χ1n) is 6.97. The van der Waals surface area contributed by atoms with Crippen molar-refractivity contribution in [3.05, 3.63) is 6.07 Å². The fraction of sp³-hybridized carbons (Fsp3) is 0.692. The fourth-order valence-electron chi connectivity index (χ4n) is 2.47. The summed E-state index contributed by atoms with van der Waals surface area (Å²) >= 11 is 1.48. The van der Waals surface area contributed by atoms with Gasteiger partial charge in [0.1, 0.15) is 11.6 Å². The maximum absolute atomic E-state index is 9.22. The lowest BCUT2D eigenvalue weighted by Gasteiger charge is -2.31. The lowest BCUT2D eigenvalue weighted by atomic mass is 9.99. The molecule has 0 bridgehead atoms. The quantitative estimate of drug-likeness (QED) is 0.531. The maximum atomic E-state index is 9.22. The molecule has 1 aliphatic rings. The second-order valence-corrected chi connectivity index (χ2v) is 5.86. The average molecular weight is 297 g/mol. The van der Waals surface area contributed by atoms with Gasteiger partial charge in [-0.3, -0.25) is 0 Å². The number of hydrogen-bond acceptors (Lipinski definition) is 7. The number of nitrogen functional groups attached to an aromatic ring is 1. The van der Waals surface area contributed by atoms with Crippen molar-refractivity contribution in [3.8, 4) is 0 Å². The molecule has 1 aromatic heterocycles. The van der Waals surface area contributed by atoms with Gasteiger partial charge in [0.15, 0.2) is 5.16 Å². The van der Waals surface area contributed by atoms with Crippen LogP contribution in [0, 0.1) is 5.92 Å². The molecule has 1 fully saturated rings. The molecule has 6 nitrogen and oxygen atoms in total. The summed E-state index contributed by atoms with van der Waals surface area (Å²) in [6.07, 6.45) is 4.24. The van der Waals surface area contributed by atoms with Crippen LogP contribution in [0.2, 0.25) is 0 Å². The van der Waals surface area contributed by atoms with Crippen LogP contribution in [-0.4, -0.2) is 59.0 Å². The Labute approximate surface area is 124 Å². The minimum atomic E-state index is 0.295. The number of hydrogen-bond donors (Lipinski definition) is 3. The minimum Gasteiger partial charge on any atom is -0.396 e. The Morgan fingerprint density at radius 3 is 3.15 bits per heavy atom. The van der Waals surface area contributed by atoms with E-state index in [4.69, 9.17) is 5.73 Å². The standard InChI is InChI=1S/C13H23N5OS/c1-20-13-16-11(14)7-12(17-13)15-4-6-18-5-2-3-10(8-18)9-19/h7,10,19H,2-6,8-9H2,1H3,(H3,14,15,16,17). The monoisotopic (exact) mass is 297 g/mol. The van der Waals surface area contributed by atoms with Crippen molar-refractivity contribution in [2.75, 3.05) is 50.1 Å². The van der Waals surface area contributed by atoms with Crippen molar-refractivity contribution in [3.63, 3.8) is 0 Å². The Hall–Kier alpha value is -1.05. The number of rotatable bonds is 6. The summed E-state index contributed by atoms with van der Waals surface area (Å²) in [5.41, 5.74) is 5.74. The van der Waals surface area contributed by atoms with E-state index in [1.54, 1.807) is 6.07 Å². The molecule has 1 unspecified atom stereocenters. The number of piperidine rings is 1. The molecule has 0 aliphatic carbocycles. The van der Waals surface area contributed by atoms with Crippen LogP contribution in [0.15, 0.2) is 11.2 Å². The number of aliphatic hydroxyl groups excluding tert-OH is 1. The molecule has 7 heteroatoms. The van der Waals surface area contributed by atoms with E-state index in [0.717, 1.165) is 38.4 Å². The molecule has 1 saturated heterocycles. The first-order valence-corrected chi connectivity index (χ1v) is 8.19. The Morgan fingerprint density at radius 2 is 2.40 bits per heavy atom. The second-order valence-electron chi connectivity index (χ2n) is 5.08. The SMILES string of the molecule is CSc1nc(N)cc(NCCN2CCCC(CO)C2)n1. The van der Waals surface area contributed by atoms with Crippen molar-refractivity contribution >= 4 is 23.4 Å². The van der Waals surface area contributed by atoms with Gasteiger partial charge in [0.2, 0.25) is 0 Å². The van der Waals surface area contributed by atoms with E-state index in [9.17, 15) is 5.11 Å². The van der Waals surface area contributed by atoms with Crippen molar-refractivity contribution in [2.24, 2.45) is 5.92 Å². The van der Waals surface area contributed by atoms with Crippen molar-refractivity contribution in [2.45, 2.75) is 18.0 Å². The van der Waals surface area contributed by atoms with Crippen molar-refractivity contribution < 1.29 is 5.11 Å². The normalized spacial score (nSPS) is 20.0. The fourth-order valence-corrected chi connectivity index (χ4v) is 2.86. The van der Waals surface area contributed by atoms with Gasteiger partial charge in [0, 0.05) is 32.3 Å². The van der Waals surface area contributed by atoms with Crippen LogP contribution in [0.25, 0.3) is 0 Å². The van der Waals surface area contributed by atoms with Crippen LogP contribution in [-0.2, 0) is 0 Å². The lowest BCUT2D eigenvalue weighted by molar-refractivity contribution is 0.123. The molecule has 2 heterocycles. The number of anilines is 2. The van der Waals surface area contributed by atoms with Gasteiger partial charge in [-0.1, -0.05) is 11.8 Å². The summed E-state index contributed by atoms with van der Waals surface area (Å²) < 4.78 is 0. The molecule has 1 atom stereocenters. The molecule has 20 heavy (non-hydrogen) atoms. The molecule has 2 rings (SSSR count). The highest BCUT2D eigenvalue weighted by atomic mass is 32.2. The molecule has 4 N–H and O–H groups in total. The van der Waals surface area contributed by atoms with E-state index in [2.05, 4.69) is 20.2 Å². The van der Waals surface area contributed by atoms with Crippen LogP contribution in [0.3, 0.4) is 0 Å². The smallest absolute Gasteiger partial charge is 0.191 e. The Kier molecular flexibility index (Phi) is 5.87. The summed E-state index contributed by atoms with van der Waals surface area (Å²) in [5.74, 6) is 1.70. The van der Waals surface area contributed by atoms with Crippen LogP contribution in [0.1, 0.15) is 12.8 Å². The third-order valence-electron chi connectivity index (χ3n) is 3.50. The highest BCUT2D eigenvalue weighted by molar-refractivity contribution is 7.98. The van der Waals surface area contributed by atoms with Gasteiger partial charge < -0.3 is 21.1 Å². The third kappa shape index (κ3) is 4.50. The molecular formula is C13H23N5OS. The molecule has 0 amide bonds. The number of likely N-dealkylation sites (tertiary alicyclic amines) is 1. The predicted octanol–water partition coefficient (Wildman–Crippen LogP) is 0.897. The number of nitrogens with one attached hydrogen (secondary N) is 1. The zero-order valence-corrected chi connectivity index (χ0v) is 12.7. The number of thioether (sulfide) groups is 1. The molecule has 112 valence electrons. The molecule has 1 aromatic rings. The maximum Gasteiger partial charge on any atom is 0.191 e. The minimum absolute atomic E-state index is 0.295. The van der Waals surface area contributed by atoms with E-state index >= 15 is 0 Å². The largest absolute Gasteiger partial charge is 0.396 e. The van der Waals surface area contributed by atoms with E-state index in [1.165, 1.54) is 18.2 Å². The van der Waals surface area contributed by atoms with Gasteiger partial charge in [0.25, 0.3) is 0 Å². The molecule has 0 radical (unpaired) electrons. The number of aliphatic hydroxyl groups is 1. The first-order chi connectivity index (χ1) is 9.71. The average Bonchev–Trinajstić information content (AvgIpc) is 2.47. The van der Waals surface area contributed by atoms with E-state index in [1.807, 2.05) is 6.26 Å². The van der Waals surface area contributed by atoms with Gasteiger partial charge in [-0.15, -0.1) is 0 Å². The first kappa shape index (κ1) is 15.3. The molecule has 1 aliphatic heterocycles. The van der Waals surface area contributed by atoms with E-state index in [-0.39, 0.29) is 0 Å². The summed E-state index contributed by atoms with van der Waals surface area (Å²) in [7, 11) is 0. The topological polar surface area (TPSA) is 87.3 Å². The molecule has 0 spiro atoms. The van der Waals surface area contributed by atoms with Gasteiger partial charge in [-0.05, 0) is 31.6 Å². The molecule has 0 saturated carbocycles. The highest BCUT2D eigenvalue weighted by Crippen LogP contribution is 2.16. The lowest BCUT2D eigenvalue weighted by Crippen LogP contribution is -2.39. The Bertz CT molecular complexity index is 431. The Balaban J connectivity index is 1.79. The van der Waals surface area contributed by atoms with Crippen LogP contribution in [0.4, 0.5) is 11.6 Å². The number of nitrogens with two attached hydrogens (primary N) is 1. The summed E-state index contributed by atoms with van der Waals surface area (Å²) in [6, 6.07) is 1.76. The second kappa shape index (κ2) is 7.66. The van der Waals surface area contributed by atoms with Gasteiger partial charge in [0.05, 0.1) is 0 Å². The van der Waals surface area contributed by atoms with E-state index < -0.39 is 0 Å². The zero-order valence-electron chi connectivity index (χ0n) is 11.9. The number of aromatic nitrogens is 2. The predicted molar refractivity (Wildman–Crippen MR) is 83.0 cm³/mol. The van der Waals surface area contributed by atoms with Crippen molar-refractivity contribution in [1.29, 1.82) is 0 Å². The number of nitrogens with zero attached hydrogens (tertiary/aromatic N) is 3. The van der Waals surface area contributed by atoms with Crippen LogP contribution >= 0.6 is 11.8 Å². The van der Waals surface area contributed by atoms with Crippen molar-refractivity contribution in [1.82, 2.24) is 14.9 Å². The van der Waals surface area contributed by atoms with Gasteiger partial charge >= 0.3 is 0 Å². The third-order valence-corrected chi connectivity index (χ3v) is 4.05. The molecular weight excluding hydrogens is 274 g/mol. The molecule has 0 aromatic carbocycles. The van der Waals surface area contributed by atoms with Gasteiger partial charge in [-0.2, -0.15) is 0 Å².